The fourth-order valence-corrected chi connectivity index (χ4v) is 3.35. The third-order valence-electron chi connectivity index (χ3n) is 4.88. The van der Waals surface area contributed by atoms with Crippen LogP contribution in [0.3, 0.4) is 0 Å². The zero-order chi connectivity index (χ0) is 20.3. The van der Waals surface area contributed by atoms with E-state index in [0.717, 1.165) is 49.5 Å². The summed E-state index contributed by atoms with van der Waals surface area (Å²) < 4.78 is 26.3. The molecule has 9 heteroatoms. The van der Waals surface area contributed by atoms with Gasteiger partial charge in [0.25, 0.3) is 5.91 Å². The second kappa shape index (κ2) is 9.82. The highest BCUT2D eigenvalue weighted by Crippen LogP contribution is 2.23. The molecular weight excluding hydrogens is 400 g/mol. The zero-order valence-electron chi connectivity index (χ0n) is 16.7. The van der Waals surface area contributed by atoms with Crippen molar-refractivity contribution in [2.45, 2.75) is 44.7 Å². The highest BCUT2D eigenvalue weighted by molar-refractivity contribution is 5.94. The number of rotatable bonds is 5. The molecule has 158 valence electrons. The van der Waals surface area contributed by atoms with Gasteiger partial charge < -0.3 is 15.5 Å². The maximum atomic E-state index is 13.3. The Hall–Kier alpha value is -2.48. The maximum Gasteiger partial charge on any atom is 0.251 e. The molecule has 6 nitrogen and oxygen atoms in total. The molecule has 1 fully saturated rings. The molecule has 0 unspecified atom stereocenters. The van der Waals surface area contributed by atoms with Gasteiger partial charge in [0, 0.05) is 37.8 Å². The van der Waals surface area contributed by atoms with E-state index in [2.05, 4.69) is 20.6 Å². The van der Waals surface area contributed by atoms with Crippen LogP contribution in [0.2, 0.25) is 0 Å². The van der Waals surface area contributed by atoms with E-state index in [4.69, 9.17) is 0 Å². The summed E-state index contributed by atoms with van der Waals surface area (Å²) in [4.78, 5) is 23.0. The minimum atomic E-state index is -1.02. The number of aromatic nitrogens is 2. The van der Waals surface area contributed by atoms with Crippen molar-refractivity contribution in [3.8, 4) is 0 Å². The van der Waals surface area contributed by atoms with Gasteiger partial charge in [-0.1, -0.05) is 0 Å². The van der Waals surface area contributed by atoms with Gasteiger partial charge in [0.05, 0.1) is 0 Å². The average molecular weight is 426 g/mol. The number of hydrogen-bond donors (Lipinski definition) is 2. The van der Waals surface area contributed by atoms with Crippen molar-refractivity contribution >= 4 is 29.9 Å². The molecule has 0 spiro atoms. The molecular formula is C20H26ClF2N5O. The number of carbonyl (C=O) groups is 1. The van der Waals surface area contributed by atoms with E-state index < -0.39 is 11.6 Å². The standard InChI is InChI=1S/C20H25F2N5O.ClH/c1-12-23-18(11-19(24-12)27(2)3)25-14-5-7-15(8-6-14)26-20(28)13-4-9-16(21)17(22)10-13;/h4,9-11,14-15H,5-8H2,1-3H3,(H,26,28)(H,23,24,25);1H. The van der Waals surface area contributed by atoms with Crippen LogP contribution < -0.4 is 15.5 Å². The fourth-order valence-electron chi connectivity index (χ4n) is 3.35. The largest absolute Gasteiger partial charge is 0.367 e. The van der Waals surface area contributed by atoms with Gasteiger partial charge in [-0.15, -0.1) is 12.4 Å². The summed E-state index contributed by atoms with van der Waals surface area (Å²) >= 11 is 0. The number of carbonyl (C=O) groups excluding carboxylic acids is 1. The van der Waals surface area contributed by atoms with Gasteiger partial charge >= 0.3 is 0 Å². The van der Waals surface area contributed by atoms with Crippen LogP contribution in [0, 0.1) is 18.6 Å². The molecule has 2 aromatic rings. The Balaban J connectivity index is 0.00000300. The molecule has 0 bridgehead atoms. The minimum Gasteiger partial charge on any atom is -0.367 e. The molecule has 2 N–H and O–H groups in total. The lowest BCUT2D eigenvalue weighted by Crippen LogP contribution is -2.40. The minimum absolute atomic E-state index is 0. The molecule has 29 heavy (non-hydrogen) atoms. The first kappa shape index (κ1) is 22.8. The molecule has 1 aliphatic carbocycles. The van der Waals surface area contributed by atoms with Crippen LogP contribution in [0.25, 0.3) is 0 Å². The summed E-state index contributed by atoms with van der Waals surface area (Å²) in [5.41, 5.74) is 0.131. The third-order valence-corrected chi connectivity index (χ3v) is 4.88. The van der Waals surface area contributed by atoms with E-state index in [0.29, 0.717) is 5.82 Å². The van der Waals surface area contributed by atoms with Crippen molar-refractivity contribution in [3.63, 3.8) is 0 Å². The van der Waals surface area contributed by atoms with Crippen LogP contribution in [0.15, 0.2) is 24.3 Å². The topological polar surface area (TPSA) is 70.2 Å². The lowest BCUT2D eigenvalue weighted by Gasteiger charge is -2.30. The van der Waals surface area contributed by atoms with E-state index >= 15 is 0 Å². The van der Waals surface area contributed by atoms with E-state index in [-0.39, 0.29) is 36.0 Å². The Kier molecular flexibility index (Phi) is 7.73. The SMILES string of the molecule is Cc1nc(NC2CCC(NC(=O)c3ccc(F)c(F)c3)CC2)cc(N(C)C)n1.Cl. The molecule has 1 saturated carbocycles. The van der Waals surface area contributed by atoms with Gasteiger partial charge in [0.1, 0.15) is 17.5 Å². The van der Waals surface area contributed by atoms with Gasteiger partial charge in [-0.25, -0.2) is 18.7 Å². The highest BCUT2D eigenvalue weighted by Gasteiger charge is 2.23. The van der Waals surface area contributed by atoms with Crippen molar-refractivity contribution in [2.75, 3.05) is 24.3 Å². The molecule has 0 radical (unpaired) electrons. The Morgan fingerprint density at radius 1 is 1.03 bits per heavy atom. The molecule has 1 heterocycles. The number of nitrogens with zero attached hydrogens (tertiary/aromatic N) is 3. The summed E-state index contributed by atoms with van der Waals surface area (Å²) in [5, 5.41) is 6.37. The second-order valence-corrected chi connectivity index (χ2v) is 7.35. The van der Waals surface area contributed by atoms with Crippen LogP contribution in [-0.4, -0.2) is 42.1 Å². The predicted octanol–water partition coefficient (Wildman–Crippen LogP) is 3.70. The van der Waals surface area contributed by atoms with E-state index in [1.807, 2.05) is 32.0 Å². The van der Waals surface area contributed by atoms with Crippen LogP contribution in [0.1, 0.15) is 41.9 Å². The number of halogens is 3. The van der Waals surface area contributed by atoms with Crippen molar-refractivity contribution in [2.24, 2.45) is 0 Å². The van der Waals surface area contributed by atoms with E-state index in [9.17, 15) is 13.6 Å². The molecule has 1 aromatic heterocycles. The second-order valence-electron chi connectivity index (χ2n) is 7.35. The van der Waals surface area contributed by atoms with Crippen LogP contribution >= 0.6 is 12.4 Å². The Morgan fingerprint density at radius 3 is 2.31 bits per heavy atom. The lowest BCUT2D eigenvalue weighted by molar-refractivity contribution is 0.0926. The quantitative estimate of drug-likeness (QED) is 0.764. The summed E-state index contributed by atoms with van der Waals surface area (Å²) in [5.74, 6) is 0.00445. The van der Waals surface area contributed by atoms with Gasteiger partial charge in [-0.05, 0) is 50.8 Å². The van der Waals surface area contributed by atoms with Crippen LogP contribution in [-0.2, 0) is 0 Å². The van der Waals surface area contributed by atoms with Gasteiger partial charge in [0.2, 0.25) is 0 Å². The first-order chi connectivity index (χ1) is 13.3. The maximum absolute atomic E-state index is 13.3. The molecule has 1 aliphatic rings. The summed E-state index contributed by atoms with van der Waals surface area (Å²) in [7, 11) is 3.87. The molecule has 3 rings (SSSR count). The van der Waals surface area contributed by atoms with Gasteiger partial charge in [-0.3, -0.25) is 4.79 Å². The van der Waals surface area contributed by atoms with E-state index in [1.165, 1.54) is 6.07 Å². The Morgan fingerprint density at radius 2 is 1.69 bits per heavy atom. The van der Waals surface area contributed by atoms with Gasteiger partial charge in [-0.2, -0.15) is 0 Å². The first-order valence-corrected chi connectivity index (χ1v) is 9.37. The van der Waals surface area contributed by atoms with E-state index in [1.54, 1.807) is 0 Å². The Labute approximate surface area is 175 Å². The van der Waals surface area contributed by atoms with Crippen molar-refractivity contribution < 1.29 is 13.6 Å². The lowest BCUT2D eigenvalue weighted by atomic mass is 9.91. The highest BCUT2D eigenvalue weighted by atomic mass is 35.5. The normalized spacial score (nSPS) is 18.5. The smallest absolute Gasteiger partial charge is 0.251 e. The average Bonchev–Trinajstić information content (AvgIpc) is 2.65. The monoisotopic (exact) mass is 425 g/mol. The van der Waals surface area contributed by atoms with Crippen molar-refractivity contribution in [1.82, 2.24) is 15.3 Å². The van der Waals surface area contributed by atoms with Gasteiger partial charge in [0.15, 0.2) is 11.6 Å². The number of benzene rings is 1. The molecule has 0 atom stereocenters. The predicted molar refractivity (Wildman–Crippen MR) is 112 cm³/mol. The van der Waals surface area contributed by atoms with Crippen LogP contribution in [0.5, 0.6) is 0 Å². The first-order valence-electron chi connectivity index (χ1n) is 9.37. The summed E-state index contributed by atoms with van der Waals surface area (Å²) in [6.07, 6.45) is 3.36. The number of hydrogen-bond acceptors (Lipinski definition) is 5. The molecule has 1 amide bonds. The summed E-state index contributed by atoms with van der Waals surface area (Å²) in [6, 6.07) is 5.39. The molecule has 0 aliphatic heterocycles. The number of anilines is 2. The summed E-state index contributed by atoms with van der Waals surface area (Å²) in [6.45, 7) is 1.86. The fraction of sp³-hybridized carbons (Fsp3) is 0.450. The number of aryl methyl sites for hydroxylation is 1. The Bertz CT molecular complexity index is 857. The van der Waals surface area contributed by atoms with Crippen LogP contribution in [0.4, 0.5) is 20.4 Å². The third kappa shape index (κ3) is 6.00. The zero-order valence-corrected chi connectivity index (χ0v) is 17.5. The molecule has 0 saturated heterocycles. The number of nitrogens with one attached hydrogen (secondary N) is 2. The van der Waals surface area contributed by atoms with Crippen molar-refractivity contribution in [1.29, 1.82) is 0 Å². The molecule has 1 aromatic carbocycles. The number of amides is 1. The van der Waals surface area contributed by atoms with Crippen molar-refractivity contribution in [3.05, 3.63) is 47.3 Å².